The predicted octanol–water partition coefficient (Wildman–Crippen LogP) is 2.12. The number of hydrogen-bond donors (Lipinski definition) is 0. The number of esters is 1. The first-order chi connectivity index (χ1) is 72.8. The Morgan fingerprint density at radius 1 is 0.137 bits per heavy atom. The van der Waals surface area contributed by atoms with Crippen molar-refractivity contribution in [1.82, 2.24) is 0 Å². The molecule has 47 heteroatoms. The summed E-state index contributed by atoms with van der Waals surface area (Å²) in [6.45, 7) is 42.9. The Kier molecular flexibility index (Phi) is 122. The van der Waals surface area contributed by atoms with Crippen molar-refractivity contribution in [2.24, 2.45) is 17.8 Å². The second kappa shape index (κ2) is 128. The Bertz CT molecular complexity index is 2240. The van der Waals surface area contributed by atoms with E-state index in [4.69, 9.17) is 218 Å². The molecule has 0 aliphatic heterocycles. The number of rotatable bonds is 136. The molecule has 2 aliphatic carbocycles. The predicted molar refractivity (Wildman–Crippen MR) is 528 cm³/mol. The molecule has 0 heterocycles. The Labute approximate surface area is 869 Å². The molecule has 3 atom stereocenters. The lowest BCUT2D eigenvalue weighted by molar-refractivity contribution is -0.151. The molecule has 47 nitrogen and oxygen atoms in total. The van der Waals surface area contributed by atoms with Crippen molar-refractivity contribution < 1.29 is 223 Å². The van der Waals surface area contributed by atoms with Gasteiger partial charge in [-0.15, -0.1) is 0 Å². The summed E-state index contributed by atoms with van der Waals surface area (Å²) < 4.78 is 254. The van der Waals surface area contributed by atoms with Crippen LogP contribution in [0.3, 0.4) is 0 Å². The van der Waals surface area contributed by atoms with Gasteiger partial charge in [0.25, 0.3) is 0 Å². The molecule has 2 aliphatic rings. The number of allylic oxidation sites excluding steroid dienone is 2. The van der Waals surface area contributed by atoms with E-state index in [1.165, 1.54) is 0 Å². The molecule has 0 radical (unpaired) electrons. The average Bonchev–Trinajstić information content (AvgIpc) is 1.66. The second-order valence-corrected chi connectivity index (χ2v) is 31.0. The minimum atomic E-state index is -0.100. The molecule has 870 valence electrons. The van der Waals surface area contributed by atoms with Gasteiger partial charge in [0.15, 0.2) is 0 Å². The lowest BCUT2D eigenvalue weighted by Gasteiger charge is -2.16. The van der Waals surface area contributed by atoms with Gasteiger partial charge >= 0.3 is 5.97 Å². The van der Waals surface area contributed by atoms with Gasteiger partial charge in [0.2, 0.25) is 0 Å². The van der Waals surface area contributed by atoms with Gasteiger partial charge in [-0.25, -0.2) is 0 Å². The summed E-state index contributed by atoms with van der Waals surface area (Å²) in [6, 6.07) is 0. The molecule has 0 N–H and O–H groups in total. The van der Waals surface area contributed by atoms with E-state index in [-0.39, 0.29) is 18.5 Å². The summed E-state index contributed by atoms with van der Waals surface area (Å²) in [5.74, 6) is 0.825. The van der Waals surface area contributed by atoms with E-state index < -0.39 is 0 Å². The highest BCUT2D eigenvalue weighted by Crippen LogP contribution is 2.44. The number of hydrogen-bond acceptors (Lipinski definition) is 47. The monoisotopic (exact) mass is 2130 g/mol. The zero-order valence-electron chi connectivity index (χ0n) is 88.6. The molecule has 0 saturated heterocycles. The zero-order valence-corrected chi connectivity index (χ0v) is 88.6. The quantitative estimate of drug-likeness (QED) is 0.0478. The van der Waals surface area contributed by atoms with Crippen molar-refractivity contribution in [2.45, 2.75) is 12.8 Å². The molecular weight excluding hydrogens is 1940 g/mol. The van der Waals surface area contributed by atoms with Gasteiger partial charge in [-0.3, -0.25) is 4.79 Å². The van der Waals surface area contributed by atoms with Crippen LogP contribution in [-0.2, 0) is 223 Å². The third kappa shape index (κ3) is 115. The van der Waals surface area contributed by atoms with E-state index >= 15 is 0 Å². The average molecular weight is 2130 g/mol. The fourth-order valence-electron chi connectivity index (χ4n) is 12.1. The van der Waals surface area contributed by atoms with Crippen LogP contribution in [0.15, 0.2) is 12.2 Å². The van der Waals surface area contributed by atoms with Crippen molar-refractivity contribution in [3.8, 4) is 0 Å². The fraction of sp³-hybridized carbons (Fsp3) is 0.970. The van der Waals surface area contributed by atoms with E-state index in [1.807, 2.05) is 0 Å². The number of carbonyl (C=O) groups is 1. The zero-order chi connectivity index (χ0) is 103. The van der Waals surface area contributed by atoms with Crippen molar-refractivity contribution in [2.75, 3.05) is 602 Å². The molecular formula is C99H192O47. The van der Waals surface area contributed by atoms with E-state index in [9.17, 15) is 4.79 Å². The maximum Gasteiger partial charge on any atom is 0.309 e. The van der Waals surface area contributed by atoms with Crippen LogP contribution in [0.4, 0.5) is 0 Å². The summed E-state index contributed by atoms with van der Waals surface area (Å²) in [5.41, 5.74) is 0. The summed E-state index contributed by atoms with van der Waals surface area (Å²) in [6.07, 6.45) is 6.37. The summed E-state index contributed by atoms with van der Waals surface area (Å²) >= 11 is 0. The molecule has 0 spiro atoms. The van der Waals surface area contributed by atoms with Gasteiger partial charge in [-0.2, -0.15) is 0 Å². The number of fused-ring (bicyclic) bond motifs is 2. The van der Waals surface area contributed by atoms with Gasteiger partial charge in [-0.05, 0) is 24.7 Å². The Morgan fingerprint density at radius 3 is 0.315 bits per heavy atom. The molecule has 0 aromatic heterocycles. The molecule has 146 heavy (non-hydrogen) atoms. The number of ether oxygens (including phenoxy) is 46. The van der Waals surface area contributed by atoms with Crippen LogP contribution in [0, 0.1) is 17.8 Å². The minimum absolute atomic E-state index is 0.0190. The molecule has 1 fully saturated rings. The summed E-state index contributed by atoms with van der Waals surface area (Å²) in [4.78, 5) is 12.2. The smallest absolute Gasteiger partial charge is 0.309 e. The fourth-order valence-corrected chi connectivity index (χ4v) is 12.1. The van der Waals surface area contributed by atoms with Crippen molar-refractivity contribution in [1.29, 1.82) is 0 Å². The topological polar surface area (TPSA) is 442 Å². The number of methoxy groups -OCH3 is 1. The maximum atomic E-state index is 12.2. The summed E-state index contributed by atoms with van der Waals surface area (Å²) in [5, 5.41) is 0. The molecule has 0 amide bonds. The van der Waals surface area contributed by atoms with Crippen LogP contribution in [-0.4, -0.2) is 608 Å². The molecule has 1 saturated carbocycles. The second-order valence-electron chi connectivity index (χ2n) is 31.0. The summed E-state index contributed by atoms with van der Waals surface area (Å²) in [7, 11) is 1.64. The molecule has 2 bridgehead atoms. The van der Waals surface area contributed by atoms with Crippen molar-refractivity contribution in [3.05, 3.63) is 12.2 Å². The van der Waals surface area contributed by atoms with Gasteiger partial charge in [-0.1, -0.05) is 12.2 Å². The molecule has 3 unspecified atom stereocenters. The standard InChI is InChI=1S/C99H192O47/c1-101-4-5-102-6-7-103-8-9-104-10-11-105-12-13-106-14-15-107-16-17-108-18-19-109-20-21-110-22-23-111-24-25-112-26-27-113-28-29-114-30-31-115-32-33-116-34-35-117-36-37-118-38-39-119-40-41-120-42-43-121-44-45-122-46-47-123-48-49-124-50-51-125-52-53-126-54-55-127-56-57-128-58-59-129-60-61-130-62-63-131-64-65-132-66-67-133-68-69-134-70-71-135-72-73-136-74-75-137-76-77-138-78-79-139-80-81-140-82-83-141-84-85-142-86-87-143-88-89-144-90-91-145-92-93-146-99(100)98-95-96-2-3-97(98)94-96/h2-3,96-98H,4-95H2,1H3. The van der Waals surface area contributed by atoms with Crippen LogP contribution >= 0.6 is 0 Å². The van der Waals surface area contributed by atoms with Crippen molar-refractivity contribution >= 4 is 5.97 Å². The normalized spacial score (nSPS) is 14.1. The lowest BCUT2D eigenvalue weighted by Crippen LogP contribution is -2.23. The van der Waals surface area contributed by atoms with Crippen molar-refractivity contribution in [3.63, 3.8) is 0 Å². The van der Waals surface area contributed by atoms with Gasteiger partial charge < -0.3 is 218 Å². The lowest BCUT2D eigenvalue weighted by atomic mass is 9.94. The van der Waals surface area contributed by atoms with E-state index in [0.29, 0.717) is 600 Å². The minimum Gasteiger partial charge on any atom is -0.463 e. The third-order valence-corrected chi connectivity index (χ3v) is 19.5. The first kappa shape index (κ1) is 139. The van der Waals surface area contributed by atoms with Crippen LogP contribution < -0.4 is 0 Å². The largest absolute Gasteiger partial charge is 0.463 e. The Balaban J connectivity index is 1.06. The third-order valence-electron chi connectivity index (χ3n) is 19.5. The Morgan fingerprint density at radius 2 is 0.233 bits per heavy atom. The number of carbonyl (C=O) groups excluding carboxylic acids is 1. The van der Waals surface area contributed by atoms with E-state index in [2.05, 4.69) is 12.2 Å². The molecule has 2 rings (SSSR count). The van der Waals surface area contributed by atoms with Crippen LogP contribution in [0.1, 0.15) is 12.8 Å². The van der Waals surface area contributed by atoms with E-state index in [0.717, 1.165) is 12.8 Å². The molecule has 0 aromatic rings. The van der Waals surface area contributed by atoms with Gasteiger partial charge in [0.05, 0.1) is 594 Å². The first-order valence-electron chi connectivity index (χ1n) is 52.6. The Hall–Kier alpha value is -2.59. The van der Waals surface area contributed by atoms with Gasteiger partial charge in [0, 0.05) is 7.11 Å². The highest BCUT2D eigenvalue weighted by Gasteiger charge is 2.40. The van der Waals surface area contributed by atoms with Crippen LogP contribution in [0.25, 0.3) is 0 Å². The van der Waals surface area contributed by atoms with Gasteiger partial charge in [0.1, 0.15) is 6.61 Å². The van der Waals surface area contributed by atoms with Crippen LogP contribution in [0.2, 0.25) is 0 Å². The highest BCUT2D eigenvalue weighted by molar-refractivity contribution is 5.74. The highest BCUT2D eigenvalue weighted by atomic mass is 16.7. The van der Waals surface area contributed by atoms with E-state index in [1.54, 1.807) is 7.11 Å². The van der Waals surface area contributed by atoms with Crippen LogP contribution in [0.5, 0.6) is 0 Å². The maximum absolute atomic E-state index is 12.2. The first-order valence-corrected chi connectivity index (χ1v) is 52.6. The SMILES string of the molecule is COCCOCCOCCOCCOCCOCCOCCOCCOCCOCCOCCOCCOCCOCCOCCOCCOCCOCCOCCOCCOCCOCCOCCOCCOCCOCCOCCOCCOCCOCCOCCOCCOCCOCCOCCOCCOCCOCCOCCOCCOCCOCCOCCOCCOCCOC(=O)C1CC2C=CC1C2. The molecule has 0 aromatic carbocycles.